The van der Waals surface area contributed by atoms with Crippen molar-refractivity contribution in [1.82, 2.24) is 9.97 Å². The molecule has 0 radical (unpaired) electrons. The van der Waals surface area contributed by atoms with Gasteiger partial charge < -0.3 is 0 Å². The summed E-state index contributed by atoms with van der Waals surface area (Å²) in [5, 5.41) is 2.72. The van der Waals surface area contributed by atoms with Crippen LogP contribution in [0.15, 0.2) is 72.2 Å². The van der Waals surface area contributed by atoms with Gasteiger partial charge in [-0.3, -0.25) is 0 Å². The second-order valence-electron chi connectivity index (χ2n) is 10.3. The van der Waals surface area contributed by atoms with Crippen LogP contribution in [-0.2, 0) is 4.75 Å². The van der Waals surface area contributed by atoms with Crippen LogP contribution in [0.3, 0.4) is 0 Å². The Morgan fingerprint density at radius 2 is 1.76 bits per heavy atom. The van der Waals surface area contributed by atoms with Crippen molar-refractivity contribution < 1.29 is 9.59 Å². The molecule has 0 bridgehead atoms. The zero-order valence-electron chi connectivity index (χ0n) is 20.7. The third kappa shape index (κ3) is 3.52. The molecular formula is C30H25N3O2SSe. The second-order valence-corrected chi connectivity index (χ2v) is 13.9. The summed E-state index contributed by atoms with van der Waals surface area (Å²) >= 11 is 2.26. The van der Waals surface area contributed by atoms with E-state index in [1.807, 2.05) is 17.8 Å². The third-order valence-electron chi connectivity index (χ3n) is 7.55. The van der Waals surface area contributed by atoms with Crippen LogP contribution in [0, 0.1) is 5.92 Å². The molecule has 0 amide bonds. The van der Waals surface area contributed by atoms with Crippen molar-refractivity contribution >= 4 is 62.8 Å². The van der Waals surface area contributed by atoms with Gasteiger partial charge in [0, 0.05) is 0 Å². The first-order chi connectivity index (χ1) is 18.0. The van der Waals surface area contributed by atoms with Crippen LogP contribution in [0.5, 0.6) is 0 Å². The number of allylic oxidation sites excluding steroid dienone is 3. The molecule has 1 aliphatic carbocycles. The number of rotatable bonds is 5. The summed E-state index contributed by atoms with van der Waals surface area (Å²) in [6.07, 6.45) is 8.91. The van der Waals surface area contributed by atoms with E-state index in [1.54, 1.807) is 6.08 Å². The average Bonchev–Trinajstić information content (AvgIpc) is 3.49. The number of thioether (sulfide) groups is 1. The number of aromatic nitrogens is 2. The summed E-state index contributed by atoms with van der Waals surface area (Å²) in [5.74, 6) is 0.993. The van der Waals surface area contributed by atoms with E-state index in [1.165, 1.54) is 48.6 Å². The van der Waals surface area contributed by atoms with E-state index >= 15 is 0 Å². The van der Waals surface area contributed by atoms with Gasteiger partial charge in [-0.15, -0.1) is 0 Å². The maximum atomic E-state index is 13.0. The van der Waals surface area contributed by atoms with E-state index < -0.39 is 0 Å². The molecule has 4 heterocycles. The summed E-state index contributed by atoms with van der Waals surface area (Å²) in [4.78, 5) is 36.6. The van der Waals surface area contributed by atoms with Gasteiger partial charge in [0.05, 0.1) is 0 Å². The number of benzene rings is 2. The van der Waals surface area contributed by atoms with Crippen molar-refractivity contribution in [3.63, 3.8) is 0 Å². The van der Waals surface area contributed by atoms with Crippen molar-refractivity contribution in [2.45, 2.75) is 31.4 Å². The van der Waals surface area contributed by atoms with Crippen LogP contribution in [0.1, 0.15) is 53.2 Å². The fourth-order valence-corrected chi connectivity index (χ4v) is 9.09. The van der Waals surface area contributed by atoms with E-state index in [0.717, 1.165) is 25.1 Å². The first kappa shape index (κ1) is 23.2. The molecule has 7 rings (SSSR count). The van der Waals surface area contributed by atoms with Crippen molar-refractivity contribution in [3.05, 3.63) is 89.2 Å². The number of ketones is 2. The van der Waals surface area contributed by atoms with Crippen LogP contribution in [0.4, 0.5) is 5.69 Å². The second kappa shape index (κ2) is 8.52. The van der Waals surface area contributed by atoms with Crippen LogP contribution >= 0.6 is 11.8 Å². The molecule has 7 heteroatoms. The number of hydrogen-bond acceptors (Lipinski definition) is 6. The number of fused-ring (bicyclic) bond motifs is 6. The molecular weight excluding hydrogens is 545 g/mol. The Kier molecular flexibility index (Phi) is 5.33. The van der Waals surface area contributed by atoms with Gasteiger partial charge in [0.25, 0.3) is 0 Å². The van der Waals surface area contributed by atoms with Crippen LogP contribution in [0.25, 0.3) is 19.3 Å². The Hall–Kier alpha value is -2.99. The summed E-state index contributed by atoms with van der Waals surface area (Å²) in [5.41, 5.74) is 4.33. The number of nitrogens with zero attached hydrogens (tertiary/aromatic N) is 3. The zero-order valence-corrected chi connectivity index (χ0v) is 23.2. The van der Waals surface area contributed by atoms with Gasteiger partial charge in [0.1, 0.15) is 0 Å². The Balaban J connectivity index is 1.35. The molecule has 184 valence electrons. The van der Waals surface area contributed by atoms with Crippen molar-refractivity contribution in [3.8, 4) is 0 Å². The Morgan fingerprint density at radius 1 is 1.03 bits per heavy atom. The minimum absolute atomic E-state index is 0.0990. The topological polar surface area (TPSA) is 63.2 Å². The van der Waals surface area contributed by atoms with Crippen molar-refractivity contribution in [1.29, 1.82) is 0 Å². The predicted molar refractivity (Wildman–Crippen MR) is 151 cm³/mol. The van der Waals surface area contributed by atoms with Crippen molar-refractivity contribution in [2.24, 2.45) is 5.92 Å². The van der Waals surface area contributed by atoms with E-state index in [-0.39, 0.29) is 33.3 Å². The predicted octanol–water partition coefficient (Wildman–Crippen LogP) is 5.93. The fraction of sp³-hybridized carbons (Fsp3) is 0.267. The van der Waals surface area contributed by atoms with Gasteiger partial charge in [0.15, 0.2) is 0 Å². The standard InChI is InChI=1S/C30H25N3O2SSe/c1-17(2)6-5-13-33-22-14-20-18-7-3-4-8-23(18)37-24(20)15-21(22)30(16-36-30)25(33)10-9-19-28(34)26-27(29(19)35)32-12-11-31-26/h3-4,7-12,14-15,17H,5-6,13,16H2,1-2H3/b25-10-. The first-order valence-corrected chi connectivity index (χ1v) is 15.4. The normalized spacial score (nSPS) is 21.2. The molecule has 1 atom stereocenters. The molecule has 0 saturated carbocycles. The minimum atomic E-state index is -0.331. The Morgan fingerprint density at radius 3 is 2.46 bits per heavy atom. The van der Waals surface area contributed by atoms with Gasteiger partial charge in [-0.25, -0.2) is 0 Å². The van der Waals surface area contributed by atoms with Gasteiger partial charge >= 0.3 is 226 Å². The summed E-state index contributed by atoms with van der Waals surface area (Å²) in [6, 6.07) is 13.6. The molecule has 3 aliphatic rings. The Bertz CT molecular complexity index is 1660. The molecule has 0 N–H and O–H groups in total. The van der Waals surface area contributed by atoms with Gasteiger partial charge in [-0.1, -0.05) is 0 Å². The summed E-state index contributed by atoms with van der Waals surface area (Å²) < 4.78 is 2.81. The van der Waals surface area contributed by atoms with Gasteiger partial charge in [-0.05, 0) is 0 Å². The van der Waals surface area contributed by atoms with E-state index in [9.17, 15) is 9.59 Å². The van der Waals surface area contributed by atoms with E-state index in [4.69, 9.17) is 0 Å². The maximum absolute atomic E-state index is 13.0. The number of hydrogen-bond donors (Lipinski definition) is 0. The molecule has 1 fully saturated rings. The molecule has 5 nitrogen and oxygen atoms in total. The molecule has 1 unspecified atom stereocenters. The Labute approximate surface area is 225 Å². The molecule has 2 aromatic heterocycles. The van der Waals surface area contributed by atoms with E-state index in [0.29, 0.717) is 20.4 Å². The van der Waals surface area contributed by atoms with Crippen LogP contribution in [0.2, 0.25) is 0 Å². The monoisotopic (exact) mass is 571 g/mol. The number of Topliss-reactive ketones (excluding diaryl/α,β-unsaturated/α-hetero) is 2. The van der Waals surface area contributed by atoms with Crippen molar-refractivity contribution in [2.75, 3.05) is 17.2 Å². The molecule has 1 spiro atoms. The fourth-order valence-electron chi connectivity index (χ4n) is 5.63. The molecule has 4 aromatic rings. The summed E-state index contributed by atoms with van der Waals surface area (Å²) in [7, 11) is 0. The van der Waals surface area contributed by atoms with E-state index in [2.05, 4.69) is 65.1 Å². The molecule has 2 aliphatic heterocycles. The number of carbonyl (C=O) groups is 2. The van der Waals surface area contributed by atoms with Gasteiger partial charge in [0.2, 0.25) is 0 Å². The molecule has 1 saturated heterocycles. The van der Waals surface area contributed by atoms with Gasteiger partial charge in [-0.2, -0.15) is 0 Å². The third-order valence-corrected chi connectivity index (χ3v) is 11.2. The number of carbonyl (C=O) groups excluding carboxylic acids is 2. The quantitative estimate of drug-likeness (QED) is 0.128. The average molecular weight is 571 g/mol. The first-order valence-electron chi connectivity index (χ1n) is 12.7. The zero-order chi connectivity index (χ0) is 25.3. The SMILES string of the molecule is CC(C)CCCN1/C(=C\C=C2C(=O)c3nccnc3C2=O)C2(CS2)c2cc3[se]c4ccccc4c3cc21. The molecule has 37 heavy (non-hydrogen) atoms. The molecule has 2 aromatic carbocycles. The summed E-state index contributed by atoms with van der Waals surface area (Å²) in [6.45, 7) is 5.44. The van der Waals surface area contributed by atoms with Crippen LogP contribution < -0.4 is 4.90 Å². The number of anilines is 1. The van der Waals surface area contributed by atoms with Crippen LogP contribution in [-0.4, -0.2) is 48.3 Å².